The Morgan fingerprint density at radius 2 is 2.03 bits per heavy atom. The summed E-state index contributed by atoms with van der Waals surface area (Å²) in [6, 6.07) is 7.64. The van der Waals surface area contributed by atoms with Gasteiger partial charge in [-0.15, -0.1) is 0 Å². The van der Waals surface area contributed by atoms with Crippen LogP contribution in [0.4, 0.5) is 0 Å². The molecule has 0 unspecified atom stereocenters. The van der Waals surface area contributed by atoms with Gasteiger partial charge in [0.2, 0.25) is 5.91 Å². The van der Waals surface area contributed by atoms with Crippen LogP contribution in [-0.2, 0) is 9.59 Å². The number of Topliss-reactive ketones (excluding diaryl/α,β-unsaturated/α-hetero) is 1. The zero-order valence-electron chi connectivity index (χ0n) is 20.8. The summed E-state index contributed by atoms with van der Waals surface area (Å²) < 4.78 is 5.48. The SMILES string of the molecule is CCC(=O)CCCCC[C@H](NC(=O)C1CN(C)C1)c1ncc(-c2ccc(OC)c3ncccc23)[nH]1. The monoisotopic (exact) mass is 477 g/mol. The van der Waals surface area contributed by atoms with Gasteiger partial charge in [-0.05, 0) is 38.1 Å². The van der Waals surface area contributed by atoms with E-state index in [0.717, 1.165) is 72.5 Å². The molecule has 1 aliphatic rings. The maximum Gasteiger partial charge on any atom is 0.226 e. The summed E-state index contributed by atoms with van der Waals surface area (Å²) in [7, 11) is 3.66. The van der Waals surface area contributed by atoms with Crippen LogP contribution in [0.1, 0.15) is 57.3 Å². The molecular weight excluding hydrogens is 442 g/mol. The summed E-state index contributed by atoms with van der Waals surface area (Å²) in [6.45, 7) is 3.47. The largest absolute Gasteiger partial charge is 0.494 e. The number of aromatic nitrogens is 3. The topological polar surface area (TPSA) is 100 Å². The van der Waals surface area contributed by atoms with Crippen LogP contribution in [0.3, 0.4) is 0 Å². The quantitative estimate of drug-likeness (QED) is 0.378. The highest BCUT2D eigenvalue weighted by molar-refractivity contribution is 5.96. The Bertz CT molecular complexity index is 1170. The molecule has 1 atom stereocenters. The number of benzene rings is 1. The molecule has 0 aliphatic carbocycles. The van der Waals surface area contributed by atoms with Crippen LogP contribution in [0.25, 0.3) is 22.2 Å². The second-order valence-corrected chi connectivity index (χ2v) is 9.37. The van der Waals surface area contributed by atoms with Crippen molar-refractivity contribution in [1.29, 1.82) is 0 Å². The minimum Gasteiger partial charge on any atom is -0.494 e. The molecule has 1 aliphatic heterocycles. The first kappa shape index (κ1) is 24.9. The molecule has 35 heavy (non-hydrogen) atoms. The second kappa shape index (κ2) is 11.4. The number of methoxy groups -OCH3 is 1. The first-order chi connectivity index (χ1) is 17.0. The Balaban J connectivity index is 1.51. The molecular formula is C27H35N5O3. The Kier molecular flexibility index (Phi) is 8.13. The lowest BCUT2D eigenvalue weighted by molar-refractivity contribution is -0.130. The number of H-pyrrole nitrogens is 1. The van der Waals surface area contributed by atoms with Crippen molar-refractivity contribution < 1.29 is 14.3 Å². The first-order valence-corrected chi connectivity index (χ1v) is 12.5. The molecule has 1 fully saturated rings. The van der Waals surface area contributed by atoms with E-state index in [-0.39, 0.29) is 17.9 Å². The number of amides is 1. The lowest BCUT2D eigenvalue weighted by Gasteiger charge is -2.35. The van der Waals surface area contributed by atoms with E-state index in [9.17, 15) is 9.59 Å². The number of rotatable bonds is 12. The number of fused-ring (bicyclic) bond motifs is 1. The van der Waals surface area contributed by atoms with Gasteiger partial charge in [-0.1, -0.05) is 25.8 Å². The van der Waals surface area contributed by atoms with Crippen LogP contribution in [0.2, 0.25) is 0 Å². The van der Waals surface area contributed by atoms with E-state index in [1.54, 1.807) is 13.3 Å². The van der Waals surface area contributed by atoms with Crippen LogP contribution >= 0.6 is 0 Å². The van der Waals surface area contributed by atoms with Crippen molar-refractivity contribution in [1.82, 2.24) is 25.2 Å². The summed E-state index contributed by atoms with van der Waals surface area (Å²) in [5, 5.41) is 4.20. The molecule has 4 rings (SSSR count). The number of nitrogens with zero attached hydrogens (tertiary/aromatic N) is 3. The Morgan fingerprint density at radius 3 is 2.77 bits per heavy atom. The fourth-order valence-corrected chi connectivity index (χ4v) is 4.65. The normalized spacial score (nSPS) is 15.1. The molecule has 3 heterocycles. The zero-order chi connectivity index (χ0) is 24.8. The van der Waals surface area contributed by atoms with E-state index in [1.165, 1.54) is 0 Å². The summed E-state index contributed by atoms with van der Waals surface area (Å²) in [5.41, 5.74) is 2.65. The average Bonchev–Trinajstić information content (AvgIpc) is 3.34. The van der Waals surface area contributed by atoms with Crippen molar-refractivity contribution in [3.8, 4) is 17.0 Å². The second-order valence-electron chi connectivity index (χ2n) is 9.37. The third-order valence-electron chi connectivity index (χ3n) is 6.76. The minimum atomic E-state index is -0.202. The summed E-state index contributed by atoms with van der Waals surface area (Å²) >= 11 is 0. The van der Waals surface area contributed by atoms with Crippen molar-refractivity contribution in [2.45, 2.75) is 51.5 Å². The van der Waals surface area contributed by atoms with Crippen molar-refractivity contribution in [2.24, 2.45) is 5.92 Å². The number of hydrogen-bond donors (Lipinski definition) is 2. The molecule has 2 N–H and O–H groups in total. The number of ketones is 1. The molecule has 2 aromatic heterocycles. The molecule has 0 radical (unpaired) electrons. The number of likely N-dealkylation sites (tertiary alicyclic amines) is 1. The van der Waals surface area contributed by atoms with Gasteiger partial charge >= 0.3 is 0 Å². The summed E-state index contributed by atoms with van der Waals surface area (Å²) in [4.78, 5) is 39.2. The lowest BCUT2D eigenvalue weighted by Crippen LogP contribution is -2.52. The molecule has 0 saturated carbocycles. The van der Waals surface area contributed by atoms with Crippen LogP contribution in [-0.4, -0.2) is 58.8 Å². The predicted octanol–water partition coefficient (Wildman–Crippen LogP) is 4.28. The Morgan fingerprint density at radius 1 is 1.20 bits per heavy atom. The molecule has 0 spiro atoms. The average molecular weight is 478 g/mol. The fraction of sp³-hybridized carbons (Fsp3) is 0.481. The number of imidazole rings is 1. The molecule has 3 aromatic rings. The number of pyridine rings is 1. The van der Waals surface area contributed by atoms with Gasteiger partial charge in [0.15, 0.2) is 0 Å². The number of ether oxygens (including phenoxy) is 1. The van der Waals surface area contributed by atoms with Crippen molar-refractivity contribution >= 4 is 22.6 Å². The van der Waals surface area contributed by atoms with E-state index < -0.39 is 0 Å². The standard InChI is InChI=1S/C27H35N5O3/c1-4-19(33)9-6-5-7-11-22(31-27(34)18-16-32(2)17-18)26-29-15-23(30-26)20-12-13-24(35-3)25-21(20)10-8-14-28-25/h8,10,12-15,18,22H,4-7,9,11,16-17H2,1-3H3,(H,29,30)(H,31,34)/t22-/m0/s1. The van der Waals surface area contributed by atoms with Gasteiger partial charge in [-0.3, -0.25) is 14.6 Å². The van der Waals surface area contributed by atoms with E-state index in [0.29, 0.717) is 18.6 Å². The van der Waals surface area contributed by atoms with Gasteiger partial charge < -0.3 is 19.9 Å². The first-order valence-electron chi connectivity index (χ1n) is 12.5. The van der Waals surface area contributed by atoms with Crippen LogP contribution < -0.4 is 10.1 Å². The highest BCUT2D eigenvalue weighted by Gasteiger charge is 2.31. The molecule has 1 amide bonds. The van der Waals surface area contributed by atoms with Crippen molar-refractivity contribution in [3.63, 3.8) is 0 Å². The lowest BCUT2D eigenvalue weighted by atomic mass is 9.98. The number of aromatic amines is 1. The third kappa shape index (κ3) is 5.88. The van der Waals surface area contributed by atoms with Crippen LogP contribution in [0.15, 0.2) is 36.7 Å². The highest BCUT2D eigenvalue weighted by atomic mass is 16.5. The van der Waals surface area contributed by atoms with Gasteiger partial charge in [-0.25, -0.2) is 4.98 Å². The highest BCUT2D eigenvalue weighted by Crippen LogP contribution is 2.33. The minimum absolute atomic E-state index is 0.0238. The van der Waals surface area contributed by atoms with E-state index in [4.69, 9.17) is 4.74 Å². The number of carbonyl (C=O) groups is 2. The van der Waals surface area contributed by atoms with Gasteiger partial charge in [0.1, 0.15) is 22.9 Å². The van der Waals surface area contributed by atoms with Gasteiger partial charge in [0, 0.05) is 43.1 Å². The van der Waals surface area contributed by atoms with E-state index >= 15 is 0 Å². The molecule has 186 valence electrons. The maximum atomic E-state index is 12.8. The Hall–Kier alpha value is -3.26. The smallest absolute Gasteiger partial charge is 0.226 e. The van der Waals surface area contributed by atoms with Gasteiger partial charge in [0.25, 0.3) is 0 Å². The molecule has 0 bridgehead atoms. The molecule has 1 aromatic carbocycles. The summed E-state index contributed by atoms with van der Waals surface area (Å²) in [6.07, 6.45) is 8.32. The van der Waals surface area contributed by atoms with Crippen molar-refractivity contribution in [3.05, 3.63) is 42.5 Å². The molecule has 8 heteroatoms. The number of unbranched alkanes of at least 4 members (excludes halogenated alkanes) is 2. The van der Waals surface area contributed by atoms with E-state index in [1.807, 2.05) is 44.4 Å². The van der Waals surface area contributed by atoms with Gasteiger partial charge in [-0.2, -0.15) is 0 Å². The van der Waals surface area contributed by atoms with E-state index in [2.05, 4.69) is 25.2 Å². The predicted molar refractivity (Wildman–Crippen MR) is 136 cm³/mol. The zero-order valence-corrected chi connectivity index (χ0v) is 20.8. The van der Waals surface area contributed by atoms with Gasteiger partial charge in [0.05, 0.1) is 31.0 Å². The Labute approximate surface area is 206 Å². The molecule has 8 nitrogen and oxygen atoms in total. The van der Waals surface area contributed by atoms with Crippen molar-refractivity contribution in [2.75, 3.05) is 27.2 Å². The number of nitrogens with one attached hydrogen (secondary N) is 2. The maximum absolute atomic E-state index is 12.8. The van der Waals surface area contributed by atoms with Crippen LogP contribution in [0.5, 0.6) is 5.75 Å². The third-order valence-corrected chi connectivity index (χ3v) is 6.76. The number of carbonyl (C=O) groups excluding carboxylic acids is 2. The van der Waals surface area contributed by atoms with Crippen LogP contribution in [0, 0.1) is 5.92 Å². The molecule has 1 saturated heterocycles. The fourth-order valence-electron chi connectivity index (χ4n) is 4.65. The summed E-state index contributed by atoms with van der Waals surface area (Å²) in [5.74, 6) is 1.88. The number of hydrogen-bond acceptors (Lipinski definition) is 6.